The monoisotopic (exact) mass is 228 g/mol. The lowest BCUT2D eigenvalue weighted by atomic mass is 9.98. The van der Waals surface area contributed by atoms with E-state index in [2.05, 4.69) is 20.8 Å². The van der Waals surface area contributed by atoms with Crippen LogP contribution in [0.1, 0.15) is 66.2 Å². The zero-order chi connectivity index (χ0) is 12.4. The van der Waals surface area contributed by atoms with E-state index in [0.29, 0.717) is 18.9 Å². The fraction of sp³-hybridized carbons (Fsp3) is 0.929. The molecule has 0 rings (SSSR count). The lowest BCUT2D eigenvalue weighted by Crippen LogP contribution is -2.29. The first-order chi connectivity index (χ1) is 7.63. The average molecular weight is 228 g/mol. The molecule has 0 saturated heterocycles. The number of ether oxygens (including phenoxy) is 1. The van der Waals surface area contributed by atoms with Gasteiger partial charge in [0.1, 0.15) is 6.10 Å². The van der Waals surface area contributed by atoms with E-state index in [-0.39, 0.29) is 11.9 Å². The number of rotatable bonds is 10. The molecule has 1 unspecified atom stereocenters. The predicted octanol–water partition coefficient (Wildman–Crippen LogP) is 3.98. The predicted molar refractivity (Wildman–Crippen MR) is 68.6 cm³/mol. The maximum atomic E-state index is 11.9. The van der Waals surface area contributed by atoms with Crippen molar-refractivity contribution < 1.29 is 9.53 Å². The van der Waals surface area contributed by atoms with E-state index < -0.39 is 0 Å². The van der Waals surface area contributed by atoms with Crippen LogP contribution in [0.2, 0.25) is 0 Å². The highest BCUT2D eigenvalue weighted by Crippen LogP contribution is 2.13. The van der Waals surface area contributed by atoms with Crippen molar-refractivity contribution in [3.8, 4) is 0 Å². The minimum atomic E-state index is -0.184. The molecule has 0 aromatic rings. The van der Waals surface area contributed by atoms with Gasteiger partial charge < -0.3 is 4.74 Å². The van der Waals surface area contributed by atoms with E-state index in [0.717, 1.165) is 6.42 Å². The third kappa shape index (κ3) is 7.00. The summed E-state index contributed by atoms with van der Waals surface area (Å²) in [6.45, 7) is 8.88. The summed E-state index contributed by atoms with van der Waals surface area (Å²) in [6.07, 6.45) is 6.49. The molecule has 0 aliphatic carbocycles. The van der Waals surface area contributed by atoms with Gasteiger partial charge >= 0.3 is 0 Å². The fourth-order valence-electron chi connectivity index (χ4n) is 1.88. The lowest BCUT2D eigenvalue weighted by molar-refractivity contribution is -0.133. The van der Waals surface area contributed by atoms with Crippen LogP contribution >= 0.6 is 0 Å². The lowest BCUT2D eigenvalue weighted by Gasteiger charge is -2.19. The van der Waals surface area contributed by atoms with Crippen molar-refractivity contribution in [3.05, 3.63) is 0 Å². The molecule has 0 heterocycles. The Morgan fingerprint density at radius 2 is 1.69 bits per heavy atom. The molecule has 0 spiro atoms. The summed E-state index contributed by atoms with van der Waals surface area (Å²) in [5, 5.41) is 0. The number of unbranched alkanes of at least 4 members (excludes halogenated alkanes) is 4. The van der Waals surface area contributed by atoms with Crippen molar-refractivity contribution in [2.75, 3.05) is 6.61 Å². The average Bonchev–Trinajstić information content (AvgIpc) is 2.24. The molecule has 0 radical (unpaired) electrons. The Morgan fingerprint density at radius 3 is 2.19 bits per heavy atom. The molecule has 2 nitrogen and oxygen atoms in total. The van der Waals surface area contributed by atoms with Crippen LogP contribution in [0, 0.1) is 5.92 Å². The van der Waals surface area contributed by atoms with Crippen LogP contribution in [-0.4, -0.2) is 18.5 Å². The summed E-state index contributed by atoms with van der Waals surface area (Å²) in [7, 11) is 0. The van der Waals surface area contributed by atoms with Crippen LogP contribution < -0.4 is 0 Å². The number of hydrogen-bond acceptors (Lipinski definition) is 2. The molecule has 0 bridgehead atoms. The molecular weight excluding hydrogens is 200 g/mol. The quantitative estimate of drug-likeness (QED) is 0.529. The zero-order valence-electron chi connectivity index (χ0n) is 11.4. The number of ketones is 1. The van der Waals surface area contributed by atoms with Crippen molar-refractivity contribution >= 4 is 5.78 Å². The van der Waals surface area contributed by atoms with Gasteiger partial charge in [-0.15, -0.1) is 0 Å². The Hall–Kier alpha value is -0.370. The molecule has 0 aromatic heterocycles. The van der Waals surface area contributed by atoms with Crippen LogP contribution in [0.4, 0.5) is 0 Å². The van der Waals surface area contributed by atoms with Crippen LogP contribution in [0.15, 0.2) is 0 Å². The maximum absolute atomic E-state index is 11.9. The van der Waals surface area contributed by atoms with E-state index in [9.17, 15) is 4.79 Å². The molecule has 0 saturated carbocycles. The summed E-state index contributed by atoms with van der Waals surface area (Å²) < 4.78 is 5.49. The van der Waals surface area contributed by atoms with E-state index in [1.165, 1.54) is 25.7 Å². The Bertz CT molecular complexity index is 176. The Balaban J connectivity index is 3.74. The minimum Gasteiger partial charge on any atom is -0.370 e. The van der Waals surface area contributed by atoms with Crippen LogP contribution in [0.5, 0.6) is 0 Å². The smallest absolute Gasteiger partial charge is 0.161 e. The SMILES string of the molecule is CCCCCCCC(=O)C(OCC)C(C)C. The maximum Gasteiger partial charge on any atom is 0.161 e. The van der Waals surface area contributed by atoms with Gasteiger partial charge in [-0.3, -0.25) is 4.79 Å². The van der Waals surface area contributed by atoms with Gasteiger partial charge in [-0.25, -0.2) is 0 Å². The molecule has 16 heavy (non-hydrogen) atoms. The summed E-state index contributed by atoms with van der Waals surface area (Å²) in [4.78, 5) is 11.9. The fourth-order valence-corrected chi connectivity index (χ4v) is 1.88. The second-order valence-electron chi connectivity index (χ2n) is 4.75. The highest BCUT2D eigenvalue weighted by Gasteiger charge is 2.21. The molecule has 0 aliphatic heterocycles. The largest absolute Gasteiger partial charge is 0.370 e. The van der Waals surface area contributed by atoms with E-state index in [4.69, 9.17) is 4.74 Å². The topological polar surface area (TPSA) is 26.3 Å². The number of Topliss-reactive ketones (excluding diaryl/α,β-unsaturated/α-hetero) is 1. The first-order valence-electron chi connectivity index (χ1n) is 6.77. The molecule has 96 valence electrons. The van der Waals surface area contributed by atoms with Gasteiger partial charge in [0.25, 0.3) is 0 Å². The number of carbonyl (C=O) groups excluding carboxylic acids is 1. The zero-order valence-corrected chi connectivity index (χ0v) is 11.4. The van der Waals surface area contributed by atoms with Gasteiger partial charge in [-0.05, 0) is 19.3 Å². The second kappa shape index (κ2) is 9.83. The molecule has 0 fully saturated rings. The van der Waals surface area contributed by atoms with Crippen molar-refractivity contribution in [2.45, 2.75) is 72.3 Å². The van der Waals surface area contributed by atoms with Gasteiger partial charge in [0.05, 0.1) is 0 Å². The van der Waals surface area contributed by atoms with Crippen LogP contribution in [0.3, 0.4) is 0 Å². The summed E-state index contributed by atoms with van der Waals surface area (Å²) in [6, 6.07) is 0. The first kappa shape index (κ1) is 15.6. The van der Waals surface area contributed by atoms with Crippen LogP contribution in [0.25, 0.3) is 0 Å². The molecule has 0 amide bonds. The Kier molecular flexibility index (Phi) is 9.60. The van der Waals surface area contributed by atoms with Crippen LogP contribution in [-0.2, 0) is 9.53 Å². The van der Waals surface area contributed by atoms with Gasteiger partial charge in [0, 0.05) is 13.0 Å². The van der Waals surface area contributed by atoms with Crippen molar-refractivity contribution in [2.24, 2.45) is 5.92 Å². The van der Waals surface area contributed by atoms with Crippen molar-refractivity contribution in [3.63, 3.8) is 0 Å². The van der Waals surface area contributed by atoms with Gasteiger partial charge in [0.15, 0.2) is 5.78 Å². The third-order valence-electron chi connectivity index (χ3n) is 2.80. The highest BCUT2D eigenvalue weighted by molar-refractivity contribution is 5.83. The molecule has 1 atom stereocenters. The summed E-state index contributed by atoms with van der Waals surface area (Å²) in [5.74, 6) is 0.580. The van der Waals surface area contributed by atoms with Crippen molar-refractivity contribution in [1.29, 1.82) is 0 Å². The molecule has 0 N–H and O–H groups in total. The Labute approximate surface area is 101 Å². The van der Waals surface area contributed by atoms with Crippen molar-refractivity contribution in [1.82, 2.24) is 0 Å². The first-order valence-corrected chi connectivity index (χ1v) is 6.77. The van der Waals surface area contributed by atoms with Gasteiger partial charge in [0.2, 0.25) is 0 Å². The number of hydrogen-bond donors (Lipinski definition) is 0. The highest BCUT2D eigenvalue weighted by atomic mass is 16.5. The standard InChI is InChI=1S/C14H28O2/c1-5-7-8-9-10-11-13(15)14(12(3)4)16-6-2/h12,14H,5-11H2,1-4H3. The van der Waals surface area contributed by atoms with E-state index in [1.54, 1.807) is 0 Å². The van der Waals surface area contributed by atoms with E-state index in [1.807, 2.05) is 6.92 Å². The summed E-state index contributed by atoms with van der Waals surface area (Å²) in [5.41, 5.74) is 0. The van der Waals surface area contributed by atoms with E-state index >= 15 is 0 Å². The second-order valence-corrected chi connectivity index (χ2v) is 4.75. The Morgan fingerprint density at radius 1 is 1.06 bits per heavy atom. The third-order valence-corrected chi connectivity index (χ3v) is 2.80. The normalized spacial score (nSPS) is 13.1. The molecular formula is C14H28O2. The molecule has 2 heteroatoms. The molecule has 0 aliphatic rings. The van der Waals surface area contributed by atoms with Gasteiger partial charge in [-0.1, -0.05) is 46.5 Å². The number of carbonyl (C=O) groups is 1. The molecule has 0 aromatic carbocycles. The minimum absolute atomic E-state index is 0.184. The summed E-state index contributed by atoms with van der Waals surface area (Å²) >= 11 is 0. The van der Waals surface area contributed by atoms with Gasteiger partial charge in [-0.2, -0.15) is 0 Å².